The van der Waals surface area contributed by atoms with Crippen LogP contribution < -0.4 is 5.32 Å². The van der Waals surface area contributed by atoms with E-state index in [1.807, 2.05) is 35.8 Å². The zero-order valence-electron chi connectivity index (χ0n) is 11.5. The molecule has 2 aromatic carbocycles. The molecule has 21 heavy (non-hydrogen) atoms. The second-order valence-corrected chi connectivity index (χ2v) is 4.79. The SMILES string of the molecule is Cc1nc2ccccc2n1CC(=O)Nc1cccc(F)c1. The Morgan fingerprint density at radius 1 is 1.24 bits per heavy atom. The molecule has 0 saturated heterocycles. The molecule has 0 fully saturated rings. The van der Waals surface area contributed by atoms with Crippen LogP contribution in [0.2, 0.25) is 0 Å². The van der Waals surface area contributed by atoms with Gasteiger partial charge in [-0.3, -0.25) is 4.79 Å². The monoisotopic (exact) mass is 283 g/mol. The van der Waals surface area contributed by atoms with Gasteiger partial charge < -0.3 is 9.88 Å². The predicted octanol–water partition coefficient (Wildman–Crippen LogP) is 3.12. The molecule has 1 N–H and O–H groups in total. The van der Waals surface area contributed by atoms with Gasteiger partial charge in [0.25, 0.3) is 0 Å². The fraction of sp³-hybridized carbons (Fsp3) is 0.125. The van der Waals surface area contributed by atoms with E-state index in [4.69, 9.17) is 0 Å². The maximum Gasteiger partial charge on any atom is 0.244 e. The van der Waals surface area contributed by atoms with Gasteiger partial charge in [-0.25, -0.2) is 9.37 Å². The summed E-state index contributed by atoms with van der Waals surface area (Å²) in [4.78, 5) is 16.5. The van der Waals surface area contributed by atoms with Gasteiger partial charge in [0.2, 0.25) is 5.91 Å². The lowest BCUT2D eigenvalue weighted by Gasteiger charge is -2.08. The van der Waals surface area contributed by atoms with Gasteiger partial charge in [0.05, 0.1) is 11.0 Å². The lowest BCUT2D eigenvalue weighted by molar-refractivity contribution is -0.116. The Morgan fingerprint density at radius 2 is 2.05 bits per heavy atom. The smallest absolute Gasteiger partial charge is 0.244 e. The average molecular weight is 283 g/mol. The van der Waals surface area contributed by atoms with Gasteiger partial charge in [0.15, 0.2) is 0 Å². The van der Waals surface area contributed by atoms with E-state index < -0.39 is 0 Å². The number of hydrogen-bond acceptors (Lipinski definition) is 2. The van der Waals surface area contributed by atoms with Crippen molar-refractivity contribution in [3.8, 4) is 0 Å². The van der Waals surface area contributed by atoms with Crippen LogP contribution in [0, 0.1) is 12.7 Å². The Balaban J connectivity index is 1.82. The lowest BCUT2D eigenvalue weighted by Crippen LogP contribution is -2.19. The molecule has 3 aromatic rings. The molecule has 106 valence electrons. The third-order valence-electron chi connectivity index (χ3n) is 3.26. The number of para-hydroxylation sites is 2. The molecule has 0 aliphatic rings. The van der Waals surface area contributed by atoms with Crippen molar-refractivity contribution in [2.45, 2.75) is 13.5 Å². The maximum atomic E-state index is 13.1. The van der Waals surface area contributed by atoms with Gasteiger partial charge in [-0.1, -0.05) is 18.2 Å². The normalized spacial score (nSPS) is 10.8. The minimum absolute atomic E-state index is 0.142. The molecule has 0 bridgehead atoms. The average Bonchev–Trinajstić information content (AvgIpc) is 2.75. The number of hydrogen-bond donors (Lipinski definition) is 1. The van der Waals surface area contributed by atoms with Crippen LogP contribution in [0.5, 0.6) is 0 Å². The van der Waals surface area contributed by atoms with Crippen molar-refractivity contribution in [1.29, 1.82) is 0 Å². The Kier molecular flexibility index (Phi) is 3.39. The molecule has 1 heterocycles. The molecule has 0 saturated carbocycles. The third kappa shape index (κ3) is 2.76. The van der Waals surface area contributed by atoms with Crippen molar-refractivity contribution in [2.75, 3.05) is 5.32 Å². The molecule has 4 nitrogen and oxygen atoms in total. The number of nitrogens with one attached hydrogen (secondary N) is 1. The summed E-state index contributed by atoms with van der Waals surface area (Å²) in [6, 6.07) is 13.5. The van der Waals surface area contributed by atoms with E-state index in [9.17, 15) is 9.18 Å². The summed E-state index contributed by atoms with van der Waals surface area (Å²) in [6.07, 6.45) is 0. The summed E-state index contributed by atoms with van der Waals surface area (Å²) in [5, 5.41) is 2.69. The number of fused-ring (bicyclic) bond motifs is 1. The summed E-state index contributed by atoms with van der Waals surface area (Å²) in [5.41, 5.74) is 2.21. The molecular weight excluding hydrogens is 269 g/mol. The summed E-state index contributed by atoms with van der Waals surface area (Å²) in [7, 11) is 0. The highest BCUT2D eigenvalue weighted by molar-refractivity contribution is 5.91. The van der Waals surface area contributed by atoms with E-state index in [1.54, 1.807) is 12.1 Å². The minimum Gasteiger partial charge on any atom is -0.324 e. The van der Waals surface area contributed by atoms with Crippen molar-refractivity contribution in [2.24, 2.45) is 0 Å². The Hall–Kier alpha value is -2.69. The molecule has 0 atom stereocenters. The zero-order valence-corrected chi connectivity index (χ0v) is 11.5. The number of benzene rings is 2. The third-order valence-corrected chi connectivity index (χ3v) is 3.26. The van der Waals surface area contributed by atoms with Crippen molar-refractivity contribution >= 4 is 22.6 Å². The molecule has 3 rings (SSSR count). The number of nitrogens with zero attached hydrogens (tertiary/aromatic N) is 2. The van der Waals surface area contributed by atoms with Gasteiger partial charge in [-0.15, -0.1) is 0 Å². The largest absolute Gasteiger partial charge is 0.324 e. The van der Waals surface area contributed by atoms with Gasteiger partial charge in [0.1, 0.15) is 18.2 Å². The Labute approximate surface area is 121 Å². The second kappa shape index (κ2) is 5.36. The quantitative estimate of drug-likeness (QED) is 0.802. The molecule has 0 aliphatic heterocycles. The number of carbonyl (C=O) groups excluding carboxylic acids is 1. The predicted molar refractivity (Wildman–Crippen MR) is 79.5 cm³/mol. The van der Waals surface area contributed by atoms with Crippen molar-refractivity contribution in [3.05, 3.63) is 60.2 Å². The first kappa shape index (κ1) is 13.3. The lowest BCUT2D eigenvalue weighted by atomic mass is 10.3. The highest BCUT2D eigenvalue weighted by atomic mass is 19.1. The summed E-state index contributed by atoms with van der Waals surface area (Å²) in [6.45, 7) is 2.00. The van der Waals surface area contributed by atoms with E-state index in [0.717, 1.165) is 16.9 Å². The maximum absolute atomic E-state index is 13.1. The Bertz CT molecular complexity index is 810. The van der Waals surface area contributed by atoms with Crippen molar-refractivity contribution < 1.29 is 9.18 Å². The zero-order chi connectivity index (χ0) is 14.8. The standard InChI is InChI=1S/C16H14FN3O/c1-11-18-14-7-2-3-8-15(14)20(11)10-16(21)19-13-6-4-5-12(17)9-13/h2-9H,10H2,1H3,(H,19,21). The highest BCUT2D eigenvalue weighted by Crippen LogP contribution is 2.16. The highest BCUT2D eigenvalue weighted by Gasteiger charge is 2.10. The van der Waals surface area contributed by atoms with E-state index >= 15 is 0 Å². The second-order valence-electron chi connectivity index (χ2n) is 4.79. The summed E-state index contributed by atoms with van der Waals surface area (Å²) in [5.74, 6) is 0.175. The number of aromatic nitrogens is 2. The fourth-order valence-corrected chi connectivity index (χ4v) is 2.31. The van der Waals surface area contributed by atoms with Crippen LogP contribution in [0.4, 0.5) is 10.1 Å². The van der Waals surface area contributed by atoms with Crippen molar-refractivity contribution in [1.82, 2.24) is 9.55 Å². The van der Waals surface area contributed by atoms with Gasteiger partial charge in [0, 0.05) is 5.69 Å². The van der Waals surface area contributed by atoms with E-state index in [0.29, 0.717) is 5.69 Å². The van der Waals surface area contributed by atoms with Crippen molar-refractivity contribution in [3.63, 3.8) is 0 Å². The summed E-state index contributed by atoms with van der Waals surface area (Å²) >= 11 is 0. The van der Waals surface area contributed by atoms with Crippen LogP contribution in [-0.4, -0.2) is 15.5 Å². The van der Waals surface area contributed by atoms with Crippen LogP contribution in [0.3, 0.4) is 0 Å². The van der Waals surface area contributed by atoms with Gasteiger partial charge >= 0.3 is 0 Å². The van der Waals surface area contributed by atoms with E-state index in [1.165, 1.54) is 12.1 Å². The Morgan fingerprint density at radius 3 is 2.86 bits per heavy atom. The molecular formula is C16H14FN3O. The van der Waals surface area contributed by atoms with Crippen LogP contribution >= 0.6 is 0 Å². The number of carbonyl (C=O) groups is 1. The van der Waals surface area contributed by atoms with Crippen LogP contribution in [0.25, 0.3) is 11.0 Å². The molecule has 0 aliphatic carbocycles. The van der Waals surface area contributed by atoms with Crippen LogP contribution in [-0.2, 0) is 11.3 Å². The number of rotatable bonds is 3. The van der Waals surface area contributed by atoms with Gasteiger partial charge in [-0.05, 0) is 37.3 Å². The van der Waals surface area contributed by atoms with E-state index in [2.05, 4.69) is 10.3 Å². The number of amides is 1. The molecule has 0 spiro atoms. The molecule has 0 unspecified atom stereocenters. The molecule has 1 aromatic heterocycles. The van der Waals surface area contributed by atoms with Crippen LogP contribution in [0.1, 0.15) is 5.82 Å². The molecule has 5 heteroatoms. The first-order valence-corrected chi connectivity index (χ1v) is 6.61. The number of anilines is 1. The molecule has 0 radical (unpaired) electrons. The van der Waals surface area contributed by atoms with Crippen LogP contribution in [0.15, 0.2) is 48.5 Å². The minimum atomic E-state index is -0.378. The first-order valence-electron chi connectivity index (χ1n) is 6.61. The fourth-order valence-electron chi connectivity index (χ4n) is 2.31. The topological polar surface area (TPSA) is 46.9 Å². The number of imidazole rings is 1. The molecule has 1 amide bonds. The van der Waals surface area contributed by atoms with E-state index in [-0.39, 0.29) is 18.3 Å². The number of halogens is 1. The summed E-state index contributed by atoms with van der Waals surface area (Å²) < 4.78 is 14.9. The number of aryl methyl sites for hydroxylation is 1. The first-order chi connectivity index (χ1) is 10.1. The van der Waals surface area contributed by atoms with Gasteiger partial charge in [-0.2, -0.15) is 0 Å².